The molecule has 2 unspecified atom stereocenters. The van der Waals surface area contributed by atoms with Gasteiger partial charge in [0.25, 0.3) is 5.56 Å². The van der Waals surface area contributed by atoms with Crippen LogP contribution >= 0.6 is 11.3 Å². The predicted octanol–water partition coefficient (Wildman–Crippen LogP) is 3.76. The highest BCUT2D eigenvalue weighted by atomic mass is 32.1. The van der Waals surface area contributed by atoms with Crippen molar-refractivity contribution in [2.45, 2.75) is 44.6 Å². The van der Waals surface area contributed by atoms with Crippen molar-refractivity contribution in [3.63, 3.8) is 0 Å². The van der Waals surface area contributed by atoms with Crippen molar-refractivity contribution in [2.24, 2.45) is 0 Å². The molecule has 2 atom stereocenters. The van der Waals surface area contributed by atoms with E-state index in [1.165, 1.54) is 29.7 Å². The van der Waals surface area contributed by atoms with Crippen LogP contribution in [0.1, 0.15) is 42.0 Å². The lowest BCUT2D eigenvalue weighted by Gasteiger charge is -2.30. The molecule has 1 aliphatic carbocycles. The Morgan fingerprint density at radius 1 is 1.30 bits per heavy atom. The summed E-state index contributed by atoms with van der Waals surface area (Å²) in [5.74, 6) is 0.501. The Morgan fingerprint density at radius 2 is 2.22 bits per heavy atom. The number of thiazole rings is 1. The van der Waals surface area contributed by atoms with E-state index in [0.717, 1.165) is 22.5 Å². The van der Waals surface area contributed by atoms with Gasteiger partial charge < -0.3 is 5.32 Å². The zero-order valence-electron chi connectivity index (χ0n) is 13.1. The molecule has 2 aromatic heterocycles. The van der Waals surface area contributed by atoms with Gasteiger partial charge in [0.15, 0.2) is 5.13 Å². The number of rotatable bonds is 3. The molecule has 3 N–H and O–H groups in total. The quantitative estimate of drug-likeness (QED) is 0.685. The fourth-order valence-corrected chi connectivity index (χ4v) is 4.27. The Balaban J connectivity index is 1.53. The fourth-order valence-electron chi connectivity index (χ4n) is 3.52. The van der Waals surface area contributed by atoms with E-state index in [9.17, 15) is 4.79 Å². The molecule has 4 rings (SSSR count). The average molecular weight is 328 g/mol. The molecule has 3 aromatic rings. The van der Waals surface area contributed by atoms with Crippen molar-refractivity contribution in [3.05, 3.63) is 45.2 Å². The van der Waals surface area contributed by atoms with Gasteiger partial charge in [-0.2, -0.15) is 0 Å². The van der Waals surface area contributed by atoms with Crippen molar-refractivity contribution in [3.8, 4) is 0 Å². The maximum atomic E-state index is 11.8. The zero-order valence-corrected chi connectivity index (χ0v) is 13.9. The molecule has 0 aliphatic heterocycles. The monoisotopic (exact) mass is 328 g/mol. The average Bonchev–Trinajstić information content (AvgIpc) is 3.14. The van der Waals surface area contributed by atoms with E-state index in [1.807, 2.05) is 18.3 Å². The second-order valence-corrected chi connectivity index (χ2v) is 7.60. The molecule has 1 saturated carbocycles. The van der Waals surface area contributed by atoms with Crippen LogP contribution in [0.3, 0.4) is 0 Å². The Labute approximate surface area is 138 Å². The van der Waals surface area contributed by atoms with Crippen molar-refractivity contribution in [1.29, 1.82) is 0 Å². The van der Waals surface area contributed by atoms with Crippen LogP contribution in [0.4, 0.5) is 5.13 Å². The lowest BCUT2D eigenvalue weighted by Crippen LogP contribution is -2.26. The predicted molar refractivity (Wildman–Crippen MR) is 94.4 cm³/mol. The van der Waals surface area contributed by atoms with Crippen LogP contribution < -0.4 is 10.9 Å². The van der Waals surface area contributed by atoms with Crippen LogP contribution in [0.25, 0.3) is 10.9 Å². The number of hydrogen-bond donors (Lipinski definition) is 3. The van der Waals surface area contributed by atoms with Crippen LogP contribution in [0.15, 0.2) is 29.2 Å². The first-order valence-corrected chi connectivity index (χ1v) is 8.90. The molecule has 1 fully saturated rings. The van der Waals surface area contributed by atoms with Crippen molar-refractivity contribution >= 4 is 27.4 Å². The molecule has 2 heterocycles. The van der Waals surface area contributed by atoms with Gasteiger partial charge in [-0.15, -0.1) is 11.3 Å². The molecule has 0 amide bonds. The van der Waals surface area contributed by atoms with Gasteiger partial charge in [-0.1, -0.05) is 12.5 Å². The molecule has 6 heteroatoms. The Kier molecular flexibility index (Phi) is 3.69. The molecule has 1 aliphatic rings. The normalized spacial score (nSPS) is 21.6. The van der Waals surface area contributed by atoms with E-state index < -0.39 is 0 Å². The fraction of sp³-hybridized carbons (Fsp3) is 0.412. The van der Waals surface area contributed by atoms with Crippen molar-refractivity contribution < 1.29 is 0 Å². The second kappa shape index (κ2) is 5.85. The summed E-state index contributed by atoms with van der Waals surface area (Å²) >= 11 is 1.71. The first kappa shape index (κ1) is 14.5. The summed E-state index contributed by atoms with van der Waals surface area (Å²) < 4.78 is 0. The van der Waals surface area contributed by atoms with Crippen molar-refractivity contribution in [2.75, 3.05) is 5.32 Å². The summed E-state index contributed by atoms with van der Waals surface area (Å²) in [5, 5.41) is 10.9. The van der Waals surface area contributed by atoms with Crippen LogP contribution in [0.2, 0.25) is 0 Å². The third-order valence-electron chi connectivity index (χ3n) is 4.69. The largest absolute Gasteiger partial charge is 0.359 e. The highest BCUT2D eigenvalue weighted by Gasteiger charge is 2.24. The summed E-state index contributed by atoms with van der Waals surface area (Å²) in [6, 6.07) is 6.65. The van der Waals surface area contributed by atoms with Gasteiger partial charge in [-0.3, -0.25) is 15.0 Å². The highest BCUT2D eigenvalue weighted by Crippen LogP contribution is 2.35. The summed E-state index contributed by atoms with van der Waals surface area (Å²) in [5.41, 5.74) is 2.11. The van der Waals surface area contributed by atoms with Crippen molar-refractivity contribution in [1.82, 2.24) is 15.2 Å². The minimum absolute atomic E-state index is 0.0365. The number of benzene rings is 1. The van der Waals surface area contributed by atoms with Gasteiger partial charge in [0.05, 0.1) is 10.9 Å². The third-order valence-corrected chi connectivity index (χ3v) is 5.54. The molecule has 0 radical (unpaired) electrons. The molecule has 120 valence electrons. The molecular weight excluding hydrogens is 308 g/mol. The first-order chi connectivity index (χ1) is 11.2. The smallest absolute Gasteiger partial charge is 0.271 e. The number of aromatic amines is 2. The van der Waals surface area contributed by atoms with E-state index in [0.29, 0.717) is 12.0 Å². The summed E-state index contributed by atoms with van der Waals surface area (Å²) in [7, 11) is 0. The van der Waals surface area contributed by atoms with E-state index in [1.54, 1.807) is 11.3 Å². The van der Waals surface area contributed by atoms with Gasteiger partial charge in [0, 0.05) is 17.1 Å². The SMILES string of the molecule is Cc1cnc(NC2CCCC(c3ccc4[nH][nH]c(=O)c4c3)C2)s1. The van der Waals surface area contributed by atoms with Gasteiger partial charge in [-0.25, -0.2) is 4.98 Å². The number of nitrogens with one attached hydrogen (secondary N) is 3. The highest BCUT2D eigenvalue weighted by molar-refractivity contribution is 7.15. The standard InChI is InChI=1S/C17H20N4OS/c1-10-9-18-17(23-10)19-13-4-2-3-11(7-13)12-5-6-15-14(8-12)16(22)21-20-15/h5-6,8-9,11,13H,2-4,7H2,1H3,(H,18,19)(H2,20,21,22). The molecule has 1 aromatic carbocycles. The van der Waals surface area contributed by atoms with Gasteiger partial charge >= 0.3 is 0 Å². The number of hydrogen-bond acceptors (Lipinski definition) is 4. The van der Waals surface area contributed by atoms with E-state index in [2.05, 4.69) is 33.5 Å². The van der Waals surface area contributed by atoms with Gasteiger partial charge in [0.2, 0.25) is 0 Å². The molecule has 0 bridgehead atoms. The Morgan fingerprint density at radius 3 is 3.04 bits per heavy atom. The van der Waals surface area contributed by atoms with Crippen LogP contribution in [0.5, 0.6) is 0 Å². The number of aryl methyl sites for hydroxylation is 1. The minimum atomic E-state index is -0.0365. The Bertz CT molecular complexity index is 878. The lowest BCUT2D eigenvalue weighted by atomic mass is 9.81. The lowest BCUT2D eigenvalue weighted by molar-refractivity contribution is 0.411. The van der Waals surface area contributed by atoms with Gasteiger partial charge in [0.1, 0.15) is 0 Å². The summed E-state index contributed by atoms with van der Waals surface area (Å²) in [6.07, 6.45) is 6.57. The maximum absolute atomic E-state index is 11.8. The summed E-state index contributed by atoms with van der Waals surface area (Å²) in [6.45, 7) is 2.08. The molecular formula is C17H20N4OS. The van der Waals surface area contributed by atoms with Crippen LogP contribution in [-0.2, 0) is 0 Å². The van der Waals surface area contributed by atoms with E-state index in [-0.39, 0.29) is 5.56 Å². The second-order valence-electron chi connectivity index (χ2n) is 6.36. The molecule has 5 nitrogen and oxygen atoms in total. The maximum Gasteiger partial charge on any atom is 0.271 e. The minimum Gasteiger partial charge on any atom is -0.359 e. The molecule has 23 heavy (non-hydrogen) atoms. The number of H-pyrrole nitrogens is 2. The van der Waals surface area contributed by atoms with E-state index >= 15 is 0 Å². The number of anilines is 1. The number of fused-ring (bicyclic) bond motifs is 1. The molecule has 0 spiro atoms. The first-order valence-electron chi connectivity index (χ1n) is 8.08. The summed E-state index contributed by atoms with van der Waals surface area (Å²) in [4.78, 5) is 17.5. The Hall–Kier alpha value is -2.08. The third kappa shape index (κ3) is 2.91. The number of nitrogens with zero attached hydrogens (tertiary/aromatic N) is 1. The van der Waals surface area contributed by atoms with Crippen LogP contribution in [0, 0.1) is 6.92 Å². The van der Waals surface area contributed by atoms with Gasteiger partial charge in [-0.05, 0) is 49.8 Å². The zero-order chi connectivity index (χ0) is 15.8. The number of aromatic nitrogens is 3. The van der Waals surface area contributed by atoms with Crippen LogP contribution in [-0.4, -0.2) is 21.2 Å². The van der Waals surface area contributed by atoms with E-state index in [4.69, 9.17) is 0 Å². The topological polar surface area (TPSA) is 73.6 Å². The molecule has 0 saturated heterocycles.